The van der Waals surface area contributed by atoms with Gasteiger partial charge in [-0.1, -0.05) is 48.5 Å². The summed E-state index contributed by atoms with van der Waals surface area (Å²) < 4.78 is 27.4. The predicted molar refractivity (Wildman–Crippen MR) is 133 cm³/mol. The molecule has 0 spiro atoms. The van der Waals surface area contributed by atoms with Gasteiger partial charge >= 0.3 is 0 Å². The van der Waals surface area contributed by atoms with Crippen molar-refractivity contribution < 1.29 is 18.0 Å². The highest BCUT2D eigenvalue weighted by atomic mass is 32.2. The molecule has 1 aliphatic rings. The summed E-state index contributed by atoms with van der Waals surface area (Å²) in [5, 5.41) is 7.56. The first kappa shape index (κ1) is 24.1. The molecule has 178 valence electrons. The minimum absolute atomic E-state index is 0.117. The van der Waals surface area contributed by atoms with Crippen LogP contribution in [0.2, 0.25) is 0 Å². The lowest BCUT2D eigenvalue weighted by Gasteiger charge is -2.31. The summed E-state index contributed by atoms with van der Waals surface area (Å²) in [6.45, 7) is 2.41. The van der Waals surface area contributed by atoms with Gasteiger partial charge in [0.1, 0.15) is 4.21 Å². The normalized spacial score (nSPS) is 17.6. The van der Waals surface area contributed by atoms with Gasteiger partial charge in [0.25, 0.3) is 15.9 Å². The molecular formula is C25H27N3O4S2. The summed E-state index contributed by atoms with van der Waals surface area (Å²) in [5.74, 6) is -1.08. The molecular weight excluding hydrogens is 470 g/mol. The Morgan fingerprint density at radius 3 is 2.50 bits per heavy atom. The van der Waals surface area contributed by atoms with Gasteiger partial charge in [-0.15, -0.1) is 11.3 Å². The van der Waals surface area contributed by atoms with Gasteiger partial charge in [0.2, 0.25) is 5.91 Å². The van der Waals surface area contributed by atoms with E-state index in [2.05, 4.69) is 10.6 Å². The summed E-state index contributed by atoms with van der Waals surface area (Å²) in [6.07, 6.45) is 1.18. The summed E-state index contributed by atoms with van der Waals surface area (Å²) in [7, 11) is -3.61. The van der Waals surface area contributed by atoms with Crippen LogP contribution in [0.25, 0.3) is 0 Å². The molecule has 34 heavy (non-hydrogen) atoms. The first-order valence-electron chi connectivity index (χ1n) is 11.2. The number of amides is 2. The molecule has 4 rings (SSSR count). The fraction of sp³-hybridized carbons (Fsp3) is 0.280. The number of para-hydroxylation sites is 1. The molecule has 0 radical (unpaired) electrons. The second kappa shape index (κ2) is 10.5. The van der Waals surface area contributed by atoms with Crippen molar-refractivity contribution in [3.8, 4) is 0 Å². The van der Waals surface area contributed by atoms with Crippen LogP contribution in [-0.2, 0) is 14.8 Å². The minimum atomic E-state index is -3.61. The van der Waals surface area contributed by atoms with E-state index in [0.29, 0.717) is 30.6 Å². The number of carbonyl (C=O) groups excluding carboxylic acids is 2. The van der Waals surface area contributed by atoms with Gasteiger partial charge in [0, 0.05) is 13.1 Å². The smallest absolute Gasteiger partial charge is 0.253 e. The molecule has 3 aromatic rings. The average Bonchev–Trinajstić information content (AvgIpc) is 3.41. The van der Waals surface area contributed by atoms with Crippen molar-refractivity contribution in [2.24, 2.45) is 5.92 Å². The zero-order valence-corrected chi connectivity index (χ0v) is 20.4. The van der Waals surface area contributed by atoms with E-state index in [-0.39, 0.29) is 28.6 Å². The second-order valence-corrected chi connectivity index (χ2v) is 11.4. The molecule has 2 aromatic carbocycles. The number of sulfonamides is 1. The number of rotatable bonds is 7. The van der Waals surface area contributed by atoms with Crippen LogP contribution in [0.15, 0.2) is 76.3 Å². The van der Waals surface area contributed by atoms with E-state index in [1.54, 1.807) is 41.8 Å². The fourth-order valence-electron chi connectivity index (χ4n) is 4.04. The van der Waals surface area contributed by atoms with E-state index in [1.165, 1.54) is 15.6 Å². The van der Waals surface area contributed by atoms with Crippen molar-refractivity contribution in [2.75, 3.05) is 18.4 Å². The third-order valence-electron chi connectivity index (χ3n) is 5.92. The number of nitrogens with one attached hydrogen (secondary N) is 2. The number of hydrogen-bond acceptors (Lipinski definition) is 5. The summed E-state index contributed by atoms with van der Waals surface area (Å²) in [5.41, 5.74) is 1.74. The molecule has 2 amide bonds. The maximum atomic E-state index is 13.1. The number of carbonyl (C=O) groups is 2. The number of anilines is 1. The Balaban J connectivity index is 1.45. The lowest BCUT2D eigenvalue weighted by atomic mass is 9.98. The molecule has 0 saturated carbocycles. The Morgan fingerprint density at radius 1 is 1.03 bits per heavy atom. The predicted octanol–water partition coefficient (Wildman–Crippen LogP) is 4.28. The van der Waals surface area contributed by atoms with Gasteiger partial charge in [-0.2, -0.15) is 4.31 Å². The monoisotopic (exact) mass is 497 g/mol. The molecule has 1 fully saturated rings. The van der Waals surface area contributed by atoms with E-state index < -0.39 is 15.9 Å². The van der Waals surface area contributed by atoms with Crippen LogP contribution in [0, 0.1) is 5.92 Å². The lowest BCUT2D eigenvalue weighted by molar-refractivity contribution is -0.120. The van der Waals surface area contributed by atoms with Crippen LogP contribution in [0.5, 0.6) is 0 Å². The molecule has 1 aromatic heterocycles. The van der Waals surface area contributed by atoms with Gasteiger partial charge in [-0.3, -0.25) is 9.59 Å². The maximum absolute atomic E-state index is 13.1. The highest BCUT2D eigenvalue weighted by Crippen LogP contribution is 2.27. The van der Waals surface area contributed by atoms with E-state index in [4.69, 9.17) is 0 Å². The van der Waals surface area contributed by atoms with E-state index >= 15 is 0 Å². The second-order valence-electron chi connectivity index (χ2n) is 8.27. The topological polar surface area (TPSA) is 95.6 Å². The molecule has 2 atom stereocenters. The quantitative estimate of drug-likeness (QED) is 0.509. The van der Waals surface area contributed by atoms with Crippen LogP contribution in [0.1, 0.15) is 41.7 Å². The Kier molecular flexibility index (Phi) is 7.45. The van der Waals surface area contributed by atoms with Gasteiger partial charge < -0.3 is 10.6 Å². The number of thiophene rings is 1. The van der Waals surface area contributed by atoms with Crippen LogP contribution < -0.4 is 10.6 Å². The molecule has 1 saturated heterocycles. The zero-order chi connectivity index (χ0) is 24.1. The van der Waals surface area contributed by atoms with Crippen LogP contribution in [0.4, 0.5) is 5.69 Å². The van der Waals surface area contributed by atoms with Crippen LogP contribution >= 0.6 is 11.3 Å². The van der Waals surface area contributed by atoms with Gasteiger partial charge in [-0.05, 0) is 48.9 Å². The molecule has 9 heteroatoms. The minimum Gasteiger partial charge on any atom is -0.345 e. The summed E-state index contributed by atoms with van der Waals surface area (Å²) in [6, 6.07) is 19.6. The Bertz CT molecular complexity index is 1240. The van der Waals surface area contributed by atoms with Gasteiger partial charge in [0.05, 0.1) is 23.2 Å². The van der Waals surface area contributed by atoms with Crippen molar-refractivity contribution in [1.82, 2.24) is 9.62 Å². The maximum Gasteiger partial charge on any atom is 0.253 e. The molecule has 0 bridgehead atoms. The van der Waals surface area contributed by atoms with Crippen molar-refractivity contribution in [3.05, 3.63) is 83.2 Å². The molecule has 2 heterocycles. The van der Waals surface area contributed by atoms with E-state index in [0.717, 1.165) is 5.56 Å². The largest absolute Gasteiger partial charge is 0.345 e. The molecule has 0 aliphatic carbocycles. The standard InChI is InChI=1S/C25H27N3O4S2/c1-18(19-9-3-2-4-10-19)26-25(30)21-12-5-6-13-22(21)27-24(29)20-11-7-15-28(17-20)34(31,32)23-14-8-16-33-23/h2-6,8-10,12-14,16,18,20H,7,11,15,17H2,1H3,(H,26,30)(H,27,29)/t18-,20+/m0/s1. The lowest BCUT2D eigenvalue weighted by Crippen LogP contribution is -2.43. The van der Waals surface area contributed by atoms with E-state index in [9.17, 15) is 18.0 Å². The number of piperidine rings is 1. The highest BCUT2D eigenvalue weighted by molar-refractivity contribution is 7.91. The van der Waals surface area contributed by atoms with Crippen LogP contribution in [-0.4, -0.2) is 37.6 Å². The number of benzene rings is 2. The zero-order valence-electron chi connectivity index (χ0n) is 18.8. The van der Waals surface area contributed by atoms with Crippen molar-refractivity contribution in [2.45, 2.75) is 30.0 Å². The van der Waals surface area contributed by atoms with Gasteiger partial charge in [-0.25, -0.2) is 8.42 Å². The van der Waals surface area contributed by atoms with Crippen molar-refractivity contribution in [1.29, 1.82) is 0 Å². The van der Waals surface area contributed by atoms with Gasteiger partial charge in [0.15, 0.2) is 0 Å². The Morgan fingerprint density at radius 2 is 1.76 bits per heavy atom. The molecule has 1 aliphatic heterocycles. The third-order valence-corrected chi connectivity index (χ3v) is 9.16. The third kappa shape index (κ3) is 5.38. The SMILES string of the molecule is C[C@H](NC(=O)c1ccccc1NC(=O)[C@@H]1CCCN(S(=O)(=O)c2cccs2)C1)c1ccccc1. The van der Waals surface area contributed by atoms with Crippen molar-refractivity contribution >= 4 is 38.9 Å². The number of nitrogens with zero attached hydrogens (tertiary/aromatic N) is 1. The van der Waals surface area contributed by atoms with Crippen LogP contribution in [0.3, 0.4) is 0 Å². The summed E-state index contributed by atoms with van der Waals surface area (Å²) >= 11 is 1.17. The highest BCUT2D eigenvalue weighted by Gasteiger charge is 2.34. The molecule has 7 nitrogen and oxygen atoms in total. The van der Waals surface area contributed by atoms with E-state index in [1.807, 2.05) is 37.3 Å². The summed E-state index contributed by atoms with van der Waals surface area (Å²) in [4.78, 5) is 26.1. The fourth-order valence-corrected chi connectivity index (χ4v) is 6.70. The Hall–Kier alpha value is -3.01. The first-order chi connectivity index (χ1) is 16.4. The molecule has 0 unspecified atom stereocenters. The average molecular weight is 498 g/mol. The molecule has 2 N–H and O–H groups in total. The number of hydrogen-bond donors (Lipinski definition) is 2. The Labute approximate surface area is 203 Å². The van der Waals surface area contributed by atoms with Crippen molar-refractivity contribution in [3.63, 3.8) is 0 Å². The first-order valence-corrected chi connectivity index (χ1v) is 13.5.